The van der Waals surface area contributed by atoms with Crippen molar-refractivity contribution in [2.24, 2.45) is 5.73 Å². The van der Waals surface area contributed by atoms with Crippen molar-refractivity contribution >= 4 is 0 Å². The molecule has 3 nitrogen and oxygen atoms in total. The number of hydrogen-bond donors (Lipinski definition) is 1. The summed E-state index contributed by atoms with van der Waals surface area (Å²) in [6.45, 7) is 3.66. The third-order valence-electron chi connectivity index (χ3n) is 3.12. The Morgan fingerprint density at radius 1 is 1.00 bits per heavy atom. The van der Waals surface area contributed by atoms with Gasteiger partial charge in [-0.1, -0.05) is 42.5 Å². The van der Waals surface area contributed by atoms with E-state index in [1.807, 2.05) is 49.4 Å². The zero-order chi connectivity index (χ0) is 14.2. The fourth-order valence-electron chi connectivity index (χ4n) is 1.97. The smallest absolute Gasteiger partial charge is 0.119 e. The van der Waals surface area contributed by atoms with Crippen LogP contribution in [-0.4, -0.2) is 13.2 Å². The summed E-state index contributed by atoms with van der Waals surface area (Å²) in [5, 5.41) is 0. The first-order chi connectivity index (χ1) is 9.79. The topological polar surface area (TPSA) is 44.5 Å². The average Bonchev–Trinajstić information content (AvgIpc) is 2.52. The van der Waals surface area contributed by atoms with Gasteiger partial charge in [-0.2, -0.15) is 0 Å². The van der Waals surface area contributed by atoms with Crippen LogP contribution in [0.1, 0.15) is 24.2 Å². The largest absolute Gasteiger partial charge is 0.491 e. The lowest BCUT2D eigenvalue weighted by Crippen LogP contribution is -2.09. The highest BCUT2D eigenvalue weighted by Gasteiger charge is 2.04. The van der Waals surface area contributed by atoms with Gasteiger partial charge in [-0.05, 0) is 30.2 Å². The molecule has 0 heterocycles. The number of ether oxygens (including phenoxy) is 2. The first-order valence-corrected chi connectivity index (χ1v) is 6.88. The molecule has 106 valence electrons. The highest BCUT2D eigenvalue weighted by molar-refractivity contribution is 5.28. The van der Waals surface area contributed by atoms with Crippen molar-refractivity contribution in [3.63, 3.8) is 0 Å². The van der Waals surface area contributed by atoms with Crippen LogP contribution in [0.4, 0.5) is 0 Å². The molecule has 0 radical (unpaired) electrons. The van der Waals surface area contributed by atoms with Crippen molar-refractivity contribution in [3.05, 3.63) is 65.7 Å². The lowest BCUT2D eigenvalue weighted by molar-refractivity contribution is 0.0439. The van der Waals surface area contributed by atoms with Crippen LogP contribution in [0.3, 0.4) is 0 Å². The molecule has 0 aliphatic heterocycles. The van der Waals surface area contributed by atoms with Crippen LogP contribution in [0.2, 0.25) is 0 Å². The molecule has 0 fully saturated rings. The van der Waals surface area contributed by atoms with Crippen LogP contribution in [0.5, 0.6) is 5.75 Å². The molecule has 0 bridgehead atoms. The van der Waals surface area contributed by atoms with E-state index in [0.717, 1.165) is 11.3 Å². The number of benzene rings is 2. The van der Waals surface area contributed by atoms with Crippen LogP contribution in [-0.2, 0) is 11.3 Å². The van der Waals surface area contributed by atoms with E-state index < -0.39 is 0 Å². The summed E-state index contributed by atoms with van der Waals surface area (Å²) in [6, 6.07) is 18.0. The maximum absolute atomic E-state index is 5.76. The van der Waals surface area contributed by atoms with Crippen LogP contribution in [0, 0.1) is 0 Å². The molecule has 1 unspecified atom stereocenters. The number of hydrogen-bond acceptors (Lipinski definition) is 3. The molecule has 0 aromatic heterocycles. The van der Waals surface area contributed by atoms with Gasteiger partial charge in [-0.25, -0.2) is 0 Å². The average molecular weight is 271 g/mol. The molecule has 2 aromatic rings. The highest BCUT2D eigenvalue weighted by atomic mass is 16.5. The van der Waals surface area contributed by atoms with Gasteiger partial charge in [-0.15, -0.1) is 0 Å². The van der Waals surface area contributed by atoms with Crippen molar-refractivity contribution < 1.29 is 9.47 Å². The van der Waals surface area contributed by atoms with Gasteiger partial charge in [0.2, 0.25) is 0 Å². The van der Waals surface area contributed by atoms with Crippen LogP contribution in [0.25, 0.3) is 0 Å². The van der Waals surface area contributed by atoms with Gasteiger partial charge in [0.15, 0.2) is 0 Å². The van der Waals surface area contributed by atoms with E-state index in [1.54, 1.807) is 0 Å². The number of rotatable bonds is 7. The molecule has 2 N–H and O–H groups in total. The number of nitrogens with two attached hydrogens (primary N) is 1. The molecule has 2 aromatic carbocycles. The molecule has 20 heavy (non-hydrogen) atoms. The van der Waals surface area contributed by atoms with E-state index in [-0.39, 0.29) is 6.10 Å². The third-order valence-corrected chi connectivity index (χ3v) is 3.12. The summed E-state index contributed by atoms with van der Waals surface area (Å²) < 4.78 is 11.4. The third kappa shape index (κ3) is 4.37. The fourth-order valence-corrected chi connectivity index (χ4v) is 1.97. The Balaban J connectivity index is 1.73. The lowest BCUT2D eigenvalue weighted by atomic mass is 10.1. The van der Waals surface area contributed by atoms with Gasteiger partial charge in [0.25, 0.3) is 0 Å². The Bertz CT molecular complexity index is 513. The van der Waals surface area contributed by atoms with Gasteiger partial charge in [0, 0.05) is 6.54 Å². The molecule has 0 saturated heterocycles. The lowest BCUT2D eigenvalue weighted by Gasteiger charge is -2.14. The molecule has 2 rings (SSSR count). The second-order valence-corrected chi connectivity index (χ2v) is 4.62. The minimum absolute atomic E-state index is 0.0789. The van der Waals surface area contributed by atoms with Crippen LogP contribution >= 0.6 is 0 Å². The fraction of sp³-hybridized carbons (Fsp3) is 0.294. The zero-order valence-electron chi connectivity index (χ0n) is 11.8. The molecule has 0 aliphatic rings. The van der Waals surface area contributed by atoms with E-state index in [4.69, 9.17) is 15.2 Å². The van der Waals surface area contributed by atoms with E-state index in [0.29, 0.717) is 19.8 Å². The van der Waals surface area contributed by atoms with Crippen molar-refractivity contribution in [3.8, 4) is 5.75 Å². The Morgan fingerprint density at radius 2 is 1.80 bits per heavy atom. The van der Waals surface area contributed by atoms with Gasteiger partial charge in [0.05, 0.1) is 12.7 Å². The quantitative estimate of drug-likeness (QED) is 0.786. The second kappa shape index (κ2) is 7.68. The molecular formula is C17H21NO2. The highest BCUT2D eigenvalue weighted by Crippen LogP contribution is 2.16. The van der Waals surface area contributed by atoms with Gasteiger partial charge in [0.1, 0.15) is 12.4 Å². The summed E-state index contributed by atoms with van der Waals surface area (Å²) >= 11 is 0. The minimum Gasteiger partial charge on any atom is -0.491 e. The van der Waals surface area contributed by atoms with Gasteiger partial charge >= 0.3 is 0 Å². The zero-order valence-corrected chi connectivity index (χ0v) is 11.8. The predicted molar refractivity (Wildman–Crippen MR) is 80.6 cm³/mol. The monoisotopic (exact) mass is 271 g/mol. The van der Waals surface area contributed by atoms with Crippen molar-refractivity contribution in [1.29, 1.82) is 0 Å². The van der Waals surface area contributed by atoms with Crippen molar-refractivity contribution in [2.45, 2.75) is 19.6 Å². The summed E-state index contributed by atoms with van der Waals surface area (Å²) in [5.74, 6) is 0.837. The van der Waals surface area contributed by atoms with Crippen LogP contribution in [0.15, 0.2) is 54.6 Å². The van der Waals surface area contributed by atoms with Crippen molar-refractivity contribution in [2.75, 3.05) is 13.2 Å². The molecular weight excluding hydrogens is 250 g/mol. The van der Waals surface area contributed by atoms with Gasteiger partial charge < -0.3 is 15.2 Å². The Kier molecular flexibility index (Phi) is 5.59. The first-order valence-electron chi connectivity index (χ1n) is 6.88. The molecule has 3 heteroatoms. The minimum atomic E-state index is 0.0789. The van der Waals surface area contributed by atoms with Gasteiger partial charge in [-0.3, -0.25) is 0 Å². The SMILES string of the molecule is CC(OCCOc1cccc(CN)c1)c1ccccc1. The maximum Gasteiger partial charge on any atom is 0.119 e. The summed E-state index contributed by atoms with van der Waals surface area (Å²) in [6.07, 6.45) is 0.0789. The molecule has 0 aliphatic carbocycles. The first kappa shape index (κ1) is 14.6. The van der Waals surface area contributed by atoms with E-state index in [2.05, 4.69) is 12.1 Å². The Morgan fingerprint density at radius 3 is 2.55 bits per heavy atom. The van der Waals surface area contributed by atoms with Crippen molar-refractivity contribution in [1.82, 2.24) is 0 Å². The summed E-state index contributed by atoms with van der Waals surface area (Å²) in [5.41, 5.74) is 7.85. The second-order valence-electron chi connectivity index (χ2n) is 4.62. The molecule has 0 spiro atoms. The van der Waals surface area contributed by atoms with E-state index in [1.165, 1.54) is 5.56 Å². The molecule has 0 amide bonds. The normalized spacial score (nSPS) is 12.1. The Labute approximate surface area is 120 Å². The van der Waals surface area contributed by atoms with Crippen LogP contribution < -0.4 is 10.5 Å². The molecule has 0 saturated carbocycles. The summed E-state index contributed by atoms with van der Waals surface area (Å²) in [7, 11) is 0. The standard InChI is InChI=1S/C17H21NO2/c1-14(16-7-3-2-4-8-16)19-10-11-20-17-9-5-6-15(12-17)13-18/h2-9,12,14H,10-11,13,18H2,1H3. The molecule has 1 atom stereocenters. The van der Waals surface area contributed by atoms with E-state index >= 15 is 0 Å². The van der Waals surface area contributed by atoms with E-state index in [9.17, 15) is 0 Å². The predicted octanol–water partition coefficient (Wildman–Crippen LogP) is 3.30. The summed E-state index contributed by atoms with van der Waals surface area (Å²) in [4.78, 5) is 0. The maximum atomic E-state index is 5.76. The Hall–Kier alpha value is -1.84.